The summed E-state index contributed by atoms with van der Waals surface area (Å²) in [7, 11) is 3.61. The summed E-state index contributed by atoms with van der Waals surface area (Å²) < 4.78 is 32.7. The molecule has 2 aromatic carbocycles. The standard InChI is InChI=1S/C20H22F2N6O2/c1-28(2)10-19(29)24-5-6-30-18-9-17-13(8-15(18)23)20(26-11-25-17)27-16-4-3-12(21)7-14(16)22/h3-4,7-9,11H,5-6,10,23H2,1-2H3,(H,24,29)(H,25,26,27). The van der Waals surface area contributed by atoms with E-state index in [2.05, 4.69) is 20.6 Å². The number of rotatable bonds is 8. The number of halogens is 2. The molecule has 0 unspecified atom stereocenters. The van der Waals surface area contributed by atoms with Gasteiger partial charge in [-0.1, -0.05) is 0 Å². The molecule has 10 heteroatoms. The number of amides is 1. The molecule has 8 nitrogen and oxygen atoms in total. The van der Waals surface area contributed by atoms with Crippen LogP contribution in [0.1, 0.15) is 0 Å². The molecule has 0 aliphatic rings. The number of carbonyl (C=O) groups is 1. The highest BCUT2D eigenvalue weighted by Crippen LogP contribution is 2.31. The number of nitrogens with two attached hydrogens (primary N) is 1. The summed E-state index contributed by atoms with van der Waals surface area (Å²) in [6.45, 7) is 0.843. The van der Waals surface area contributed by atoms with Gasteiger partial charge < -0.3 is 26.0 Å². The Morgan fingerprint density at radius 1 is 1.20 bits per heavy atom. The van der Waals surface area contributed by atoms with Crippen molar-refractivity contribution in [2.75, 3.05) is 44.8 Å². The van der Waals surface area contributed by atoms with Crippen molar-refractivity contribution in [1.82, 2.24) is 20.2 Å². The molecule has 0 aliphatic heterocycles. The third-order valence-electron chi connectivity index (χ3n) is 4.09. The molecule has 3 aromatic rings. The zero-order chi connectivity index (χ0) is 21.7. The van der Waals surface area contributed by atoms with Crippen LogP contribution in [0.4, 0.5) is 26.0 Å². The van der Waals surface area contributed by atoms with E-state index in [9.17, 15) is 13.6 Å². The Labute approximate surface area is 172 Å². The molecule has 0 bridgehead atoms. The molecule has 0 aliphatic carbocycles. The van der Waals surface area contributed by atoms with Crippen LogP contribution < -0.4 is 21.1 Å². The highest BCUT2D eigenvalue weighted by Gasteiger charge is 2.12. The molecule has 1 aromatic heterocycles. The largest absolute Gasteiger partial charge is 0.490 e. The summed E-state index contributed by atoms with van der Waals surface area (Å²) >= 11 is 0. The third kappa shape index (κ3) is 5.29. The highest BCUT2D eigenvalue weighted by atomic mass is 19.1. The Morgan fingerprint density at radius 3 is 2.73 bits per heavy atom. The smallest absolute Gasteiger partial charge is 0.234 e. The minimum Gasteiger partial charge on any atom is -0.490 e. The minimum absolute atomic E-state index is 0.0729. The van der Waals surface area contributed by atoms with Crippen molar-refractivity contribution in [3.05, 3.63) is 48.3 Å². The topological polar surface area (TPSA) is 105 Å². The lowest BCUT2D eigenvalue weighted by atomic mass is 10.2. The average molecular weight is 416 g/mol. The van der Waals surface area contributed by atoms with Gasteiger partial charge in [0.2, 0.25) is 5.91 Å². The third-order valence-corrected chi connectivity index (χ3v) is 4.09. The average Bonchev–Trinajstić information content (AvgIpc) is 2.67. The van der Waals surface area contributed by atoms with E-state index in [4.69, 9.17) is 10.5 Å². The van der Waals surface area contributed by atoms with Crippen LogP contribution in [0.5, 0.6) is 5.75 Å². The molecule has 0 spiro atoms. The number of hydrogen-bond acceptors (Lipinski definition) is 7. The van der Waals surface area contributed by atoms with Gasteiger partial charge in [0.15, 0.2) is 0 Å². The number of nitrogens with zero attached hydrogens (tertiary/aromatic N) is 3. The molecule has 3 rings (SSSR count). The minimum atomic E-state index is -0.744. The molecule has 30 heavy (non-hydrogen) atoms. The molecule has 0 saturated carbocycles. The molecule has 0 atom stereocenters. The molecule has 1 amide bonds. The number of nitrogens with one attached hydrogen (secondary N) is 2. The van der Waals surface area contributed by atoms with E-state index >= 15 is 0 Å². The first-order valence-electron chi connectivity index (χ1n) is 9.14. The lowest BCUT2D eigenvalue weighted by molar-refractivity contribution is -0.121. The molecule has 0 fully saturated rings. The van der Waals surface area contributed by atoms with Crippen LogP contribution in [0.15, 0.2) is 36.7 Å². The number of benzene rings is 2. The van der Waals surface area contributed by atoms with E-state index in [0.717, 1.165) is 12.1 Å². The van der Waals surface area contributed by atoms with Gasteiger partial charge in [0.25, 0.3) is 0 Å². The number of nitrogen functional groups attached to an aromatic ring is 1. The van der Waals surface area contributed by atoms with Crippen molar-refractivity contribution < 1.29 is 18.3 Å². The molecule has 4 N–H and O–H groups in total. The first-order chi connectivity index (χ1) is 14.3. The van der Waals surface area contributed by atoms with Crippen LogP contribution in [0.2, 0.25) is 0 Å². The van der Waals surface area contributed by atoms with Crippen LogP contribution in [-0.4, -0.2) is 54.6 Å². The van der Waals surface area contributed by atoms with Crippen molar-refractivity contribution in [3.8, 4) is 5.75 Å². The van der Waals surface area contributed by atoms with Crippen molar-refractivity contribution >= 4 is 34.0 Å². The van der Waals surface area contributed by atoms with Gasteiger partial charge in [0, 0.05) is 17.5 Å². The molecule has 1 heterocycles. The summed E-state index contributed by atoms with van der Waals surface area (Å²) in [4.78, 5) is 21.7. The van der Waals surface area contributed by atoms with Crippen molar-refractivity contribution in [3.63, 3.8) is 0 Å². The normalized spacial score (nSPS) is 11.0. The van der Waals surface area contributed by atoms with Crippen LogP contribution in [0.3, 0.4) is 0 Å². The SMILES string of the molecule is CN(C)CC(=O)NCCOc1cc2ncnc(Nc3ccc(F)cc3F)c2cc1N. The van der Waals surface area contributed by atoms with E-state index in [0.29, 0.717) is 41.2 Å². The maximum absolute atomic E-state index is 14.0. The highest BCUT2D eigenvalue weighted by molar-refractivity contribution is 5.94. The van der Waals surface area contributed by atoms with Gasteiger partial charge in [-0.25, -0.2) is 18.7 Å². The van der Waals surface area contributed by atoms with E-state index in [1.165, 1.54) is 12.4 Å². The maximum atomic E-state index is 14.0. The molecule has 0 radical (unpaired) electrons. The quantitative estimate of drug-likeness (QED) is 0.382. The summed E-state index contributed by atoms with van der Waals surface area (Å²) in [6, 6.07) is 6.46. The van der Waals surface area contributed by atoms with E-state index < -0.39 is 11.6 Å². The van der Waals surface area contributed by atoms with Crippen LogP contribution >= 0.6 is 0 Å². The van der Waals surface area contributed by atoms with Gasteiger partial charge in [-0.3, -0.25) is 4.79 Å². The number of ether oxygens (including phenoxy) is 1. The Hall–Kier alpha value is -3.53. The Bertz CT molecular complexity index is 1060. The zero-order valence-electron chi connectivity index (χ0n) is 16.6. The molecular weight excluding hydrogens is 394 g/mol. The van der Waals surface area contributed by atoms with Gasteiger partial charge in [-0.2, -0.15) is 0 Å². The number of hydrogen-bond donors (Lipinski definition) is 3. The molecular formula is C20H22F2N6O2. The molecule has 0 saturated heterocycles. The summed E-state index contributed by atoms with van der Waals surface area (Å²) in [5.74, 6) is -0.797. The lowest BCUT2D eigenvalue weighted by Gasteiger charge is -2.14. The number of fused-ring (bicyclic) bond motifs is 1. The zero-order valence-corrected chi connectivity index (χ0v) is 16.6. The lowest BCUT2D eigenvalue weighted by Crippen LogP contribution is -2.35. The summed E-state index contributed by atoms with van der Waals surface area (Å²) in [6.07, 6.45) is 1.31. The second-order valence-corrected chi connectivity index (χ2v) is 6.81. The van der Waals surface area contributed by atoms with Crippen LogP contribution in [0.25, 0.3) is 10.9 Å². The van der Waals surface area contributed by atoms with E-state index in [1.807, 2.05) is 0 Å². The van der Waals surface area contributed by atoms with Gasteiger partial charge in [-0.05, 0) is 32.3 Å². The van der Waals surface area contributed by atoms with Crippen LogP contribution in [-0.2, 0) is 4.79 Å². The van der Waals surface area contributed by atoms with Crippen molar-refractivity contribution in [2.45, 2.75) is 0 Å². The summed E-state index contributed by atoms with van der Waals surface area (Å²) in [5.41, 5.74) is 7.01. The van der Waals surface area contributed by atoms with Gasteiger partial charge in [0.05, 0.1) is 30.0 Å². The maximum Gasteiger partial charge on any atom is 0.234 e. The number of aromatic nitrogens is 2. The first-order valence-corrected chi connectivity index (χ1v) is 9.14. The number of likely N-dealkylation sites (N-methyl/N-ethyl adjacent to an activating group) is 1. The fourth-order valence-corrected chi connectivity index (χ4v) is 2.74. The fourth-order valence-electron chi connectivity index (χ4n) is 2.74. The van der Waals surface area contributed by atoms with Gasteiger partial charge in [0.1, 0.15) is 36.1 Å². The first kappa shape index (κ1) is 21.2. The monoisotopic (exact) mass is 416 g/mol. The van der Waals surface area contributed by atoms with E-state index in [-0.39, 0.29) is 18.2 Å². The van der Waals surface area contributed by atoms with Crippen molar-refractivity contribution in [2.24, 2.45) is 0 Å². The number of anilines is 3. The fraction of sp³-hybridized carbons (Fsp3) is 0.250. The van der Waals surface area contributed by atoms with E-state index in [1.54, 1.807) is 31.1 Å². The Kier molecular flexibility index (Phi) is 6.58. The second-order valence-electron chi connectivity index (χ2n) is 6.81. The van der Waals surface area contributed by atoms with Crippen LogP contribution in [0, 0.1) is 11.6 Å². The predicted molar refractivity (Wildman–Crippen MR) is 111 cm³/mol. The van der Waals surface area contributed by atoms with Gasteiger partial charge >= 0.3 is 0 Å². The number of carbonyl (C=O) groups excluding carboxylic acids is 1. The second kappa shape index (κ2) is 9.31. The van der Waals surface area contributed by atoms with Gasteiger partial charge in [-0.15, -0.1) is 0 Å². The van der Waals surface area contributed by atoms with Crippen molar-refractivity contribution in [1.29, 1.82) is 0 Å². The molecule has 158 valence electrons. The predicted octanol–water partition coefficient (Wildman–Crippen LogP) is 2.29. The Morgan fingerprint density at radius 2 is 2.00 bits per heavy atom. The summed E-state index contributed by atoms with van der Waals surface area (Å²) in [5, 5.41) is 6.12. The Balaban J connectivity index is 1.72.